The summed E-state index contributed by atoms with van der Waals surface area (Å²) >= 11 is 0. The number of phenols is 2. The number of carbonyl (C=O) groups is 2. The van der Waals surface area contributed by atoms with Crippen LogP contribution in [0.4, 0.5) is 26.3 Å². The molecular weight excluding hydrogens is 744 g/mol. The largest absolute Gasteiger partial charge is 0.508 e. The Morgan fingerprint density at radius 3 is 2.02 bits per heavy atom. The Labute approximate surface area is 310 Å². The summed E-state index contributed by atoms with van der Waals surface area (Å²) in [4.78, 5) is 34.4. The smallest absolute Gasteiger partial charge is 0.490 e. The maximum atomic E-state index is 11.6. The van der Waals surface area contributed by atoms with Crippen LogP contribution in [0.2, 0.25) is 0 Å². The number of alkyl halides is 6. The lowest BCUT2D eigenvalue weighted by Gasteiger charge is -2.29. The molecule has 4 aromatic rings. The van der Waals surface area contributed by atoms with Crippen molar-refractivity contribution in [2.45, 2.75) is 56.6 Å². The molecule has 1 fully saturated rings. The van der Waals surface area contributed by atoms with Crippen molar-refractivity contribution in [3.05, 3.63) is 99.3 Å². The number of pyridine rings is 1. The number of piperidine rings is 1. The minimum Gasteiger partial charge on any atom is -0.508 e. The summed E-state index contributed by atoms with van der Waals surface area (Å²) in [5, 5.41) is 49.3. The second-order valence-electron chi connectivity index (χ2n) is 12.6. The number of aliphatic hydroxyl groups excluding tert-OH is 1. The normalized spacial score (nSPS) is 14.3. The first-order chi connectivity index (χ1) is 25.8. The molecule has 0 amide bonds. The topological polar surface area (TPSA) is 193 Å². The van der Waals surface area contributed by atoms with Gasteiger partial charge >= 0.3 is 24.3 Å². The average Bonchev–Trinajstić information content (AvgIpc) is 3.12. The van der Waals surface area contributed by atoms with Crippen molar-refractivity contribution in [2.24, 2.45) is 0 Å². The van der Waals surface area contributed by atoms with Gasteiger partial charge in [0, 0.05) is 24.5 Å². The maximum Gasteiger partial charge on any atom is 0.490 e. The van der Waals surface area contributed by atoms with Crippen LogP contribution in [0.3, 0.4) is 0 Å². The van der Waals surface area contributed by atoms with Gasteiger partial charge in [0.1, 0.15) is 17.2 Å². The number of carboxylic acid groups (broad SMARTS) is 2. The molecule has 3 aromatic carbocycles. The lowest BCUT2D eigenvalue weighted by molar-refractivity contribution is -0.193. The van der Waals surface area contributed by atoms with Gasteiger partial charge in [-0.25, -0.2) is 9.59 Å². The first kappa shape index (κ1) is 44.1. The molecule has 18 heteroatoms. The molecule has 300 valence electrons. The number of likely N-dealkylation sites (tertiary alicyclic amines) is 1. The zero-order chi connectivity index (χ0) is 40.9. The van der Waals surface area contributed by atoms with Crippen molar-refractivity contribution in [3.63, 3.8) is 0 Å². The molecule has 0 spiro atoms. The van der Waals surface area contributed by atoms with E-state index in [1.165, 1.54) is 17.7 Å². The number of nitrogens with one attached hydrogen (secondary N) is 2. The van der Waals surface area contributed by atoms with E-state index in [2.05, 4.69) is 28.3 Å². The average molecular weight is 786 g/mol. The molecule has 0 unspecified atom stereocenters. The zero-order valence-corrected chi connectivity index (χ0v) is 29.5. The van der Waals surface area contributed by atoms with Crippen LogP contribution >= 0.6 is 0 Å². The number of hydrogen-bond donors (Lipinski definition) is 7. The molecule has 0 radical (unpaired) electrons. The van der Waals surface area contributed by atoms with E-state index >= 15 is 0 Å². The Morgan fingerprint density at radius 1 is 0.873 bits per heavy atom. The van der Waals surface area contributed by atoms with E-state index in [0.717, 1.165) is 55.6 Å². The van der Waals surface area contributed by atoms with Crippen molar-refractivity contribution >= 4 is 22.8 Å². The molecule has 7 N–H and O–H groups in total. The number of fused-ring (bicyclic) bond motifs is 1. The van der Waals surface area contributed by atoms with Crippen LogP contribution < -0.4 is 15.6 Å². The second kappa shape index (κ2) is 19.8. The van der Waals surface area contributed by atoms with Gasteiger partial charge in [0.15, 0.2) is 0 Å². The van der Waals surface area contributed by atoms with Crippen molar-refractivity contribution in [2.75, 3.05) is 33.3 Å². The molecule has 55 heavy (non-hydrogen) atoms. The highest BCUT2D eigenvalue weighted by atomic mass is 19.4. The van der Waals surface area contributed by atoms with Gasteiger partial charge in [-0.2, -0.15) is 26.3 Å². The SMILES string of the molecule is CN1CCC(c2cc(CCCOc3ccc(CNC[C@H](O)c4ccc(O)c5[nH]c(=O)ccc45)cc3)ccc2O)CC1.O=C(O)C(F)(F)F.O=C(O)C(F)(F)F. The van der Waals surface area contributed by atoms with Gasteiger partial charge in [-0.3, -0.25) is 4.79 Å². The molecule has 1 saturated heterocycles. The van der Waals surface area contributed by atoms with Crippen molar-refractivity contribution in [1.29, 1.82) is 0 Å². The van der Waals surface area contributed by atoms with Crippen LogP contribution in [-0.2, 0) is 22.6 Å². The van der Waals surface area contributed by atoms with Crippen LogP contribution in [0.25, 0.3) is 10.9 Å². The number of ether oxygens (including phenoxy) is 1. The number of rotatable bonds is 11. The first-order valence-electron chi connectivity index (χ1n) is 16.8. The number of aliphatic hydroxyl groups is 1. The maximum absolute atomic E-state index is 11.6. The number of aromatic amines is 1. The number of H-pyrrole nitrogens is 1. The highest BCUT2D eigenvalue weighted by molar-refractivity contribution is 5.87. The Hall–Kier alpha value is -5.33. The number of benzene rings is 3. The summed E-state index contributed by atoms with van der Waals surface area (Å²) in [6.07, 6.45) is -7.02. The molecule has 0 bridgehead atoms. The van der Waals surface area contributed by atoms with Crippen molar-refractivity contribution in [3.8, 4) is 17.2 Å². The first-order valence-corrected chi connectivity index (χ1v) is 16.8. The highest BCUT2D eigenvalue weighted by Gasteiger charge is 2.39. The Balaban J connectivity index is 0.000000494. The number of phenolic OH excluding ortho intramolecular Hbond substituents is 2. The van der Waals surface area contributed by atoms with Crippen LogP contribution in [0, 0.1) is 0 Å². The summed E-state index contributed by atoms with van der Waals surface area (Å²) in [6.45, 7) is 3.64. The molecule has 1 aliphatic rings. The van der Waals surface area contributed by atoms with Crippen molar-refractivity contribution < 1.29 is 66.2 Å². The van der Waals surface area contributed by atoms with Crippen LogP contribution in [0.1, 0.15) is 53.5 Å². The highest BCUT2D eigenvalue weighted by Crippen LogP contribution is 2.34. The lowest BCUT2D eigenvalue weighted by Crippen LogP contribution is -2.29. The van der Waals surface area contributed by atoms with Gasteiger partial charge in [0.05, 0.1) is 18.2 Å². The molecule has 12 nitrogen and oxygen atoms in total. The molecular formula is C37H41F6N3O9. The summed E-state index contributed by atoms with van der Waals surface area (Å²) in [6, 6.07) is 20.1. The van der Waals surface area contributed by atoms with E-state index in [0.29, 0.717) is 47.8 Å². The number of halogens is 6. The van der Waals surface area contributed by atoms with E-state index in [1.807, 2.05) is 36.4 Å². The van der Waals surface area contributed by atoms with Gasteiger partial charge < -0.3 is 45.5 Å². The van der Waals surface area contributed by atoms with E-state index < -0.39 is 30.4 Å². The molecule has 2 heterocycles. The van der Waals surface area contributed by atoms with E-state index in [4.69, 9.17) is 24.5 Å². The number of carboxylic acids is 2. The Kier molecular flexibility index (Phi) is 15.9. The Morgan fingerprint density at radius 2 is 1.44 bits per heavy atom. The molecule has 0 aliphatic carbocycles. The van der Waals surface area contributed by atoms with E-state index in [-0.39, 0.29) is 11.3 Å². The third-order valence-corrected chi connectivity index (χ3v) is 8.47. The minimum absolute atomic E-state index is 0.0265. The quantitative estimate of drug-likeness (QED) is 0.0713. The van der Waals surface area contributed by atoms with Gasteiger partial charge in [-0.1, -0.05) is 30.3 Å². The fourth-order valence-electron chi connectivity index (χ4n) is 5.59. The fourth-order valence-corrected chi connectivity index (χ4v) is 5.59. The third-order valence-electron chi connectivity index (χ3n) is 8.47. The predicted octanol–water partition coefficient (Wildman–Crippen LogP) is 5.85. The van der Waals surface area contributed by atoms with Crippen LogP contribution in [0.5, 0.6) is 17.2 Å². The standard InChI is InChI=1S/C33H39N3O5.2C2HF3O2/c1-36-16-14-24(15-17-36)28-19-22(6-11-29(28)37)3-2-18-41-25-7-4-23(5-8-25)20-34-21-31(39)26-9-12-30(38)33-27(26)10-13-32(40)35-33;2*3-2(4,5)1(6)7/h4-13,19,24,31,34,37-39H,2-3,14-18,20-21H2,1H3,(H,35,40);2*(H,6,7)/t31-;;/m0../s1. The van der Waals surface area contributed by atoms with Crippen LogP contribution in [0.15, 0.2) is 71.5 Å². The number of aryl methyl sites for hydroxylation is 1. The van der Waals surface area contributed by atoms with Crippen LogP contribution in [-0.4, -0.2) is 93.0 Å². The molecule has 1 aliphatic heterocycles. The number of nitrogens with zero attached hydrogens (tertiary/aromatic N) is 1. The monoisotopic (exact) mass is 785 g/mol. The zero-order valence-electron chi connectivity index (χ0n) is 29.5. The van der Waals surface area contributed by atoms with Gasteiger partial charge in [0.25, 0.3) is 0 Å². The number of aromatic nitrogens is 1. The lowest BCUT2D eigenvalue weighted by atomic mass is 9.87. The summed E-state index contributed by atoms with van der Waals surface area (Å²) in [7, 11) is 2.15. The minimum atomic E-state index is -5.08. The number of hydrogen-bond acceptors (Lipinski definition) is 9. The summed E-state index contributed by atoms with van der Waals surface area (Å²) in [5.74, 6) is -3.88. The summed E-state index contributed by atoms with van der Waals surface area (Å²) < 4.78 is 69.4. The third kappa shape index (κ3) is 14.1. The van der Waals surface area contributed by atoms with Gasteiger partial charge in [0.2, 0.25) is 5.56 Å². The Bertz CT molecular complexity index is 1900. The molecule has 1 atom stereocenters. The summed E-state index contributed by atoms with van der Waals surface area (Å²) in [5.41, 5.74) is 4.04. The molecule has 1 aromatic heterocycles. The van der Waals surface area contributed by atoms with E-state index in [9.17, 15) is 46.5 Å². The number of aliphatic carboxylic acids is 2. The van der Waals surface area contributed by atoms with Crippen molar-refractivity contribution in [1.82, 2.24) is 15.2 Å². The van der Waals surface area contributed by atoms with Gasteiger partial charge in [-0.05, 0) is 104 Å². The van der Waals surface area contributed by atoms with E-state index in [1.54, 1.807) is 12.1 Å². The predicted molar refractivity (Wildman–Crippen MR) is 188 cm³/mol. The van der Waals surface area contributed by atoms with Gasteiger partial charge in [-0.15, -0.1) is 0 Å². The fraction of sp³-hybridized carbons (Fsp3) is 0.378. The molecule has 0 saturated carbocycles. The number of aromatic hydroxyl groups is 2. The molecule has 5 rings (SSSR count). The second-order valence-corrected chi connectivity index (χ2v) is 12.6.